The smallest absolute Gasteiger partial charge is 0.163 e. The number of hydrogen-bond acceptors (Lipinski definition) is 3. The van der Waals surface area contributed by atoms with Crippen molar-refractivity contribution in [2.24, 2.45) is 0 Å². The summed E-state index contributed by atoms with van der Waals surface area (Å²) in [5, 5.41) is 9.31. The lowest BCUT2D eigenvalue weighted by Crippen LogP contribution is -1.97. The fraction of sp³-hybridized carbons (Fsp3) is 0.222. The number of anilines is 1. The highest BCUT2D eigenvalue weighted by Crippen LogP contribution is 2.23. The van der Waals surface area contributed by atoms with Gasteiger partial charge in [-0.25, -0.2) is 0 Å². The van der Waals surface area contributed by atoms with Crippen LogP contribution in [0.3, 0.4) is 0 Å². The van der Waals surface area contributed by atoms with Crippen LogP contribution in [0.2, 0.25) is 0 Å². The average Bonchev–Trinajstić information content (AvgIpc) is 1.96. The SMILES string of the molecule is CC(=O)c1cc(N)c(C)cc1O. The van der Waals surface area contributed by atoms with Crippen LogP contribution in [0.15, 0.2) is 12.1 Å². The molecule has 0 aliphatic carbocycles. The molecule has 0 aromatic heterocycles. The Balaban J connectivity index is 3.33. The summed E-state index contributed by atoms with van der Waals surface area (Å²) >= 11 is 0. The highest BCUT2D eigenvalue weighted by atomic mass is 16.3. The predicted molar refractivity (Wildman–Crippen MR) is 47.3 cm³/mol. The third-order valence-electron chi connectivity index (χ3n) is 1.76. The molecule has 0 saturated carbocycles. The Morgan fingerprint density at radius 2 is 2.08 bits per heavy atom. The van der Waals surface area contributed by atoms with E-state index in [2.05, 4.69) is 0 Å². The van der Waals surface area contributed by atoms with Crippen LogP contribution in [0.1, 0.15) is 22.8 Å². The molecule has 12 heavy (non-hydrogen) atoms. The topological polar surface area (TPSA) is 63.3 Å². The van der Waals surface area contributed by atoms with Gasteiger partial charge < -0.3 is 10.8 Å². The Hall–Kier alpha value is -1.51. The van der Waals surface area contributed by atoms with Crippen molar-refractivity contribution in [3.8, 4) is 5.75 Å². The Morgan fingerprint density at radius 3 is 2.58 bits per heavy atom. The summed E-state index contributed by atoms with van der Waals surface area (Å²) in [4.78, 5) is 10.9. The number of phenols is 1. The molecule has 1 aromatic rings. The van der Waals surface area contributed by atoms with Crippen LogP contribution < -0.4 is 5.73 Å². The highest BCUT2D eigenvalue weighted by Gasteiger charge is 2.07. The second-order valence-electron chi connectivity index (χ2n) is 2.78. The number of aromatic hydroxyl groups is 1. The Kier molecular flexibility index (Phi) is 2.04. The van der Waals surface area contributed by atoms with Gasteiger partial charge in [0.1, 0.15) is 5.75 Å². The number of ketones is 1. The molecule has 3 heteroatoms. The van der Waals surface area contributed by atoms with E-state index in [9.17, 15) is 9.90 Å². The van der Waals surface area contributed by atoms with Gasteiger partial charge in [0.05, 0.1) is 5.56 Å². The number of benzene rings is 1. The third kappa shape index (κ3) is 1.39. The van der Waals surface area contributed by atoms with Crippen LogP contribution >= 0.6 is 0 Å². The number of carbonyl (C=O) groups excluding carboxylic acids is 1. The molecule has 0 atom stereocenters. The number of nitrogens with two attached hydrogens (primary N) is 1. The maximum absolute atomic E-state index is 10.9. The number of Topliss-reactive ketones (excluding diaryl/α,β-unsaturated/α-hetero) is 1. The molecule has 3 nitrogen and oxygen atoms in total. The summed E-state index contributed by atoms with van der Waals surface area (Å²) in [6, 6.07) is 2.99. The summed E-state index contributed by atoms with van der Waals surface area (Å²) in [6.07, 6.45) is 0. The van der Waals surface area contributed by atoms with Crippen molar-refractivity contribution in [1.29, 1.82) is 0 Å². The van der Waals surface area contributed by atoms with E-state index < -0.39 is 0 Å². The Morgan fingerprint density at radius 1 is 1.50 bits per heavy atom. The molecule has 0 radical (unpaired) electrons. The minimum Gasteiger partial charge on any atom is -0.507 e. The van der Waals surface area contributed by atoms with Crippen LogP contribution in [0.5, 0.6) is 5.75 Å². The molecule has 0 heterocycles. The molecule has 0 unspecified atom stereocenters. The van der Waals surface area contributed by atoms with Gasteiger partial charge in [0.2, 0.25) is 0 Å². The molecule has 1 aromatic carbocycles. The molecular formula is C9H11NO2. The van der Waals surface area contributed by atoms with Crippen molar-refractivity contribution >= 4 is 11.5 Å². The standard InChI is InChI=1S/C9H11NO2/c1-5-3-9(12)7(6(2)11)4-8(5)10/h3-4,12H,10H2,1-2H3. The van der Waals surface area contributed by atoms with Crippen molar-refractivity contribution in [1.82, 2.24) is 0 Å². The normalized spacial score (nSPS) is 9.83. The quantitative estimate of drug-likeness (QED) is 0.376. The number of phenolic OH excluding ortho intramolecular Hbond substituents is 1. The van der Waals surface area contributed by atoms with Gasteiger partial charge in [-0.05, 0) is 31.5 Å². The van der Waals surface area contributed by atoms with Gasteiger partial charge in [-0.3, -0.25) is 4.79 Å². The molecule has 0 saturated heterocycles. The van der Waals surface area contributed by atoms with Crippen LogP contribution in [0.4, 0.5) is 5.69 Å². The molecule has 0 fully saturated rings. The number of hydrogen-bond donors (Lipinski definition) is 2. The molecule has 1 rings (SSSR count). The van der Waals surface area contributed by atoms with Gasteiger partial charge >= 0.3 is 0 Å². The first kappa shape index (κ1) is 8.59. The highest BCUT2D eigenvalue weighted by molar-refractivity contribution is 5.97. The number of nitrogen functional groups attached to an aromatic ring is 1. The van der Waals surface area contributed by atoms with Crippen LogP contribution in [-0.2, 0) is 0 Å². The van der Waals surface area contributed by atoms with E-state index in [4.69, 9.17) is 5.73 Å². The largest absolute Gasteiger partial charge is 0.507 e. The van der Waals surface area contributed by atoms with Crippen molar-refractivity contribution in [3.63, 3.8) is 0 Å². The van der Waals surface area contributed by atoms with Crippen molar-refractivity contribution in [2.75, 3.05) is 5.73 Å². The molecule has 0 aliphatic rings. The van der Waals surface area contributed by atoms with E-state index in [1.54, 1.807) is 6.92 Å². The van der Waals surface area contributed by atoms with Crippen molar-refractivity contribution in [3.05, 3.63) is 23.3 Å². The molecule has 64 valence electrons. The zero-order valence-corrected chi connectivity index (χ0v) is 7.09. The Bertz CT molecular complexity index is 332. The maximum Gasteiger partial charge on any atom is 0.163 e. The summed E-state index contributed by atoms with van der Waals surface area (Å²) in [6.45, 7) is 3.17. The van der Waals surface area contributed by atoms with Crippen LogP contribution in [0, 0.1) is 6.92 Å². The summed E-state index contributed by atoms with van der Waals surface area (Å²) in [7, 11) is 0. The zero-order valence-electron chi connectivity index (χ0n) is 7.09. The van der Waals surface area contributed by atoms with Crippen LogP contribution in [-0.4, -0.2) is 10.9 Å². The van der Waals surface area contributed by atoms with Gasteiger partial charge in [0, 0.05) is 5.69 Å². The lowest BCUT2D eigenvalue weighted by atomic mass is 10.1. The summed E-state index contributed by atoms with van der Waals surface area (Å²) in [5.41, 5.74) is 7.14. The lowest BCUT2D eigenvalue weighted by Gasteiger charge is -2.04. The molecule has 0 aliphatic heterocycles. The predicted octanol–water partition coefficient (Wildman–Crippen LogP) is 1.49. The van der Waals surface area contributed by atoms with Gasteiger partial charge in [-0.15, -0.1) is 0 Å². The van der Waals surface area contributed by atoms with E-state index in [1.807, 2.05) is 0 Å². The molecule has 0 bridgehead atoms. The lowest BCUT2D eigenvalue weighted by molar-refractivity contribution is 0.101. The van der Waals surface area contributed by atoms with E-state index >= 15 is 0 Å². The number of aryl methyl sites for hydroxylation is 1. The average molecular weight is 165 g/mol. The first-order valence-corrected chi connectivity index (χ1v) is 3.62. The van der Waals surface area contributed by atoms with Gasteiger partial charge in [0.15, 0.2) is 5.78 Å². The van der Waals surface area contributed by atoms with Gasteiger partial charge in [-0.1, -0.05) is 0 Å². The second-order valence-corrected chi connectivity index (χ2v) is 2.78. The minimum atomic E-state index is -0.181. The van der Waals surface area contributed by atoms with E-state index in [0.29, 0.717) is 5.69 Å². The third-order valence-corrected chi connectivity index (χ3v) is 1.76. The van der Waals surface area contributed by atoms with Gasteiger partial charge in [-0.2, -0.15) is 0 Å². The first-order valence-electron chi connectivity index (χ1n) is 3.62. The Labute approximate surface area is 70.8 Å². The molecule has 0 amide bonds. The van der Waals surface area contributed by atoms with E-state index in [-0.39, 0.29) is 17.1 Å². The molecule has 0 spiro atoms. The maximum atomic E-state index is 10.9. The second kappa shape index (κ2) is 2.85. The van der Waals surface area contributed by atoms with Crippen LogP contribution in [0.25, 0.3) is 0 Å². The zero-order chi connectivity index (χ0) is 9.30. The fourth-order valence-electron chi connectivity index (χ4n) is 0.991. The van der Waals surface area contributed by atoms with Gasteiger partial charge in [0.25, 0.3) is 0 Å². The van der Waals surface area contributed by atoms with Crippen molar-refractivity contribution < 1.29 is 9.90 Å². The van der Waals surface area contributed by atoms with E-state index in [0.717, 1.165) is 5.56 Å². The number of rotatable bonds is 1. The summed E-state index contributed by atoms with van der Waals surface area (Å²) < 4.78 is 0. The molecule has 3 N–H and O–H groups in total. The van der Waals surface area contributed by atoms with E-state index in [1.165, 1.54) is 19.1 Å². The van der Waals surface area contributed by atoms with Crippen molar-refractivity contribution in [2.45, 2.75) is 13.8 Å². The first-order chi connectivity index (χ1) is 5.52. The summed E-state index contributed by atoms with van der Waals surface area (Å²) in [5.74, 6) is -0.187. The molecular weight excluding hydrogens is 154 g/mol. The number of carbonyl (C=O) groups is 1. The minimum absolute atomic E-state index is 0.00537. The fourth-order valence-corrected chi connectivity index (χ4v) is 0.991. The monoisotopic (exact) mass is 165 g/mol.